The van der Waals surface area contributed by atoms with Crippen LogP contribution in [0.5, 0.6) is 11.5 Å². The van der Waals surface area contributed by atoms with Crippen LogP contribution in [0.3, 0.4) is 0 Å². The molecule has 0 radical (unpaired) electrons. The number of benzene rings is 2. The number of fused-ring (bicyclic) bond motifs is 2. The highest BCUT2D eigenvalue weighted by atomic mass is 79.9. The number of H-pyrrole nitrogens is 2. The van der Waals surface area contributed by atoms with Crippen LogP contribution in [-0.4, -0.2) is 32.1 Å². The Morgan fingerprint density at radius 2 is 1.58 bits per heavy atom. The number of carbonyl (C=O) groups excluding carboxylic acids is 2. The maximum Gasteiger partial charge on any atom is 0.311 e. The maximum absolute atomic E-state index is 11.9. The summed E-state index contributed by atoms with van der Waals surface area (Å²) in [6, 6.07) is 11.4. The molecule has 2 atom stereocenters. The van der Waals surface area contributed by atoms with Gasteiger partial charge < -0.3 is 19.4 Å². The standard InChI is InChI=1S/C16H19BrClNO2.C12H11BrClNO2/c1-2-13(18)12(17)7-5-9-16(20)21-15-10-19-14-8-4-3-6-11(14)15;1-2-3-12(16)17-11-6-15-10-5-9(14)8(13)4-7(10)11/h3-4,6,8,10,12-13,19H,2,5,7,9H2,1H3;4-6,15H,2-3H2,1H3. The van der Waals surface area contributed by atoms with E-state index in [9.17, 15) is 9.59 Å². The van der Waals surface area contributed by atoms with E-state index < -0.39 is 0 Å². The van der Waals surface area contributed by atoms with Crippen molar-refractivity contribution in [1.29, 1.82) is 0 Å². The molecule has 2 aromatic carbocycles. The topological polar surface area (TPSA) is 84.2 Å². The van der Waals surface area contributed by atoms with Gasteiger partial charge in [-0.1, -0.05) is 53.5 Å². The molecule has 2 heterocycles. The van der Waals surface area contributed by atoms with E-state index >= 15 is 0 Å². The summed E-state index contributed by atoms with van der Waals surface area (Å²) in [5.41, 5.74) is 1.81. The Hall–Kier alpha value is -2.00. The first-order chi connectivity index (χ1) is 18.2. The summed E-state index contributed by atoms with van der Waals surface area (Å²) in [5, 5.41) is 2.49. The molecule has 38 heavy (non-hydrogen) atoms. The van der Waals surface area contributed by atoms with Crippen molar-refractivity contribution in [2.45, 2.75) is 62.6 Å². The number of hydrogen-bond acceptors (Lipinski definition) is 4. The van der Waals surface area contributed by atoms with Crippen molar-refractivity contribution >= 4 is 88.8 Å². The fourth-order valence-electron chi connectivity index (χ4n) is 3.73. The van der Waals surface area contributed by atoms with E-state index in [1.165, 1.54) is 0 Å². The van der Waals surface area contributed by atoms with E-state index in [2.05, 4.69) is 48.8 Å². The Kier molecular flexibility index (Phi) is 12.0. The fraction of sp³-hybridized carbons (Fsp3) is 0.357. The third-order valence-electron chi connectivity index (χ3n) is 5.78. The quantitative estimate of drug-likeness (QED) is 0.129. The van der Waals surface area contributed by atoms with Crippen molar-refractivity contribution in [3.8, 4) is 11.5 Å². The molecule has 2 unspecified atom stereocenters. The molecule has 2 N–H and O–H groups in total. The minimum absolute atomic E-state index is 0.106. The summed E-state index contributed by atoms with van der Waals surface area (Å²) in [7, 11) is 0. The van der Waals surface area contributed by atoms with E-state index in [0.29, 0.717) is 29.4 Å². The summed E-state index contributed by atoms with van der Waals surface area (Å²) >= 11 is 19.0. The lowest BCUT2D eigenvalue weighted by atomic mass is 10.1. The molecular weight excluding hydrogens is 659 g/mol. The number of esters is 2. The van der Waals surface area contributed by atoms with Crippen LogP contribution in [0.1, 0.15) is 52.4 Å². The predicted molar refractivity (Wildman–Crippen MR) is 162 cm³/mol. The molecule has 204 valence electrons. The van der Waals surface area contributed by atoms with Crippen molar-refractivity contribution in [2.75, 3.05) is 0 Å². The monoisotopic (exact) mass is 686 g/mol. The highest BCUT2D eigenvalue weighted by molar-refractivity contribution is 9.10. The minimum Gasteiger partial charge on any atom is -0.424 e. The van der Waals surface area contributed by atoms with Crippen LogP contribution < -0.4 is 9.47 Å². The van der Waals surface area contributed by atoms with Crippen molar-refractivity contribution in [3.05, 3.63) is 58.3 Å². The van der Waals surface area contributed by atoms with Gasteiger partial charge in [0.05, 0.1) is 10.5 Å². The van der Waals surface area contributed by atoms with Crippen molar-refractivity contribution < 1.29 is 19.1 Å². The van der Waals surface area contributed by atoms with E-state index in [0.717, 1.165) is 52.0 Å². The van der Waals surface area contributed by atoms with Gasteiger partial charge in [-0.2, -0.15) is 0 Å². The molecule has 0 saturated carbocycles. The summed E-state index contributed by atoms with van der Waals surface area (Å²) in [6.45, 7) is 3.99. The molecule has 0 fully saturated rings. The lowest BCUT2D eigenvalue weighted by Crippen LogP contribution is -2.14. The van der Waals surface area contributed by atoms with Crippen molar-refractivity contribution in [3.63, 3.8) is 0 Å². The van der Waals surface area contributed by atoms with Crippen LogP contribution in [0.2, 0.25) is 5.02 Å². The van der Waals surface area contributed by atoms with Crippen LogP contribution in [0.4, 0.5) is 0 Å². The first kappa shape index (κ1) is 30.5. The second kappa shape index (κ2) is 15.0. The maximum atomic E-state index is 11.9. The van der Waals surface area contributed by atoms with Crippen molar-refractivity contribution in [1.82, 2.24) is 9.97 Å². The minimum atomic E-state index is -0.223. The van der Waals surface area contributed by atoms with Gasteiger partial charge in [0.2, 0.25) is 0 Å². The molecule has 10 heteroatoms. The molecule has 0 spiro atoms. The van der Waals surface area contributed by atoms with E-state index in [1.54, 1.807) is 18.5 Å². The number of para-hydroxylation sites is 1. The SMILES string of the molecule is CCC(Cl)C(Br)CCCC(=O)Oc1c[nH]c2ccccc12.CCCC(=O)Oc1c[nH]c2cc(Cl)c(Br)cc12. The Morgan fingerprint density at radius 3 is 2.26 bits per heavy atom. The lowest BCUT2D eigenvalue weighted by Gasteiger charge is -2.13. The molecule has 0 aliphatic carbocycles. The Labute approximate surface area is 249 Å². The van der Waals surface area contributed by atoms with Gasteiger partial charge >= 0.3 is 11.9 Å². The van der Waals surface area contributed by atoms with E-state index in [4.69, 9.17) is 32.7 Å². The number of carbonyl (C=O) groups is 2. The lowest BCUT2D eigenvalue weighted by molar-refractivity contribution is -0.135. The molecule has 6 nitrogen and oxygen atoms in total. The second-order valence-electron chi connectivity index (χ2n) is 8.69. The number of ether oxygens (including phenoxy) is 2. The zero-order valence-electron chi connectivity index (χ0n) is 21.2. The van der Waals surface area contributed by atoms with Gasteiger partial charge in [0.1, 0.15) is 0 Å². The van der Waals surface area contributed by atoms with Crippen LogP contribution in [-0.2, 0) is 9.59 Å². The van der Waals surface area contributed by atoms with E-state index in [1.807, 2.05) is 37.3 Å². The van der Waals surface area contributed by atoms with Gasteiger partial charge in [-0.15, -0.1) is 11.6 Å². The highest BCUT2D eigenvalue weighted by Crippen LogP contribution is 2.33. The molecule has 0 bridgehead atoms. The van der Waals surface area contributed by atoms with Crippen LogP contribution in [0.15, 0.2) is 53.3 Å². The van der Waals surface area contributed by atoms with Gasteiger partial charge in [-0.05, 0) is 65.9 Å². The molecule has 0 amide bonds. The summed E-state index contributed by atoms with van der Waals surface area (Å²) in [6.07, 6.45) is 7.53. The molecule has 2 aromatic heterocycles. The van der Waals surface area contributed by atoms with Gasteiger partial charge in [0.25, 0.3) is 0 Å². The Balaban J connectivity index is 0.000000215. The van der Waals surface area contributed by atoms with Gasteiger partial charge in [-0.3, -0.25) is 9.59 Å². The molecule has 4 aromatic rings. The van der Waals surface area contributed by atoms with Crippen LogP contribution in [0.25, 0.3) is 21.8 Å². The summed E-state index contributed by atoms with van der Waals surface area (Å²) in [4.78, 5) is 29.7. The van der Waals surface area contributed by atoms with Gasteiger partial charge in [0.15, 0.2) is 11.5 Å². The normalized spacial score (nSPS) is 12.6. The number of hydrogen-bond donors (Lipinski definition) is 2. The van der Waals surface area contributed by atoms with Gasteiger partial charge in [0, 0.05) is 56.2 Å². The fourth-order valence-corrected chi connectivity index (χ4v) is 5.07. The predicted octanol–water partition coefficient (Wildman–Crippen LogP) is 9.31. The molecule has 0 saturated heterocycles. The number of rotatable bonds is 10. The third kappa shape index (κ3) is 8.50. The zero-order valence-corrected chi connectivity index (χ0v) is 25.8. The average Bonchev–Trinajstić information content (AvgIpc) is 3.48. The van der Waals surface area contributed by atoms with Gasteiger partial charge in [-0.25, -0.2) is 0 Å². The number of aromatic amines is 2. The number of halogens is 4. The Bertz CT molecular complexity index is 1370. The van der Waals surface area contributed by atoms with E-state index in [-0.39, 0.29) is 22.1 Å². The number of aromatic nitrogens is 2. The molecular formula is C28H30Br2Cl2N2O4. The molecule has 0 aliphatic heterocycles. The summed E-state index contributed by atoms with van der Waals surface area (Å²) in [5.74, 6) is 0.701. The number of nitrogens with one attached hydrogen (secondary N) is 2. The highest BCUT2D eigenvalue weighted by Gasteiger charge is 2.16. The average molecular weight is 689 g/mol. The Morgan fingerprint density at radius 1 is 0.947 bits per heavy atom. The zero-order chi connectivity index (χ0) is 27.7. The van der Waals surface area contributed by atoms with Crippen LogP contribution in [0, 0.1) is 0 Å². The number of alkyl halides is 2. The first-order valence-electron chi connectivity index (χ1n) is 12.4. The summed E-state index contributed by atoms with van der Waals surface area (Å²) < 4.78 is 11.5. The van der Waals surface area contributed by atoms with Crippen LogP contribution >= 0.6 is 55.1 Å². The third-order valence-corrected chi connectivity index (χ3v) is 8.99. The molecule has 4 rings (SSSR count). The smallest absolute Gasteiger partial charge is 0.311 e. The molecule has 0 aliphatic rings. The van der Waals surface area contributed by atoms with Crippen molar-refractivity contribution in [2.24, 2.45) is 0 Å². The largest absolute Gasteiger partial charge is 0.424 e. The first-order valence-corrected chi connectivity index (χ1v) is 15.0. The second-order valence-corrected chi connectivity index (χ2v) is 11.7.